The van der Waals surface area contributed by atoms with E-state index in [1.54, 1.807) is 19.9 Å². The molecule has 0 aliphatic carbocycles. The molecule has 1 amide bonds. The van der Waals surface area contributed by atoms with E-state index in [0.29, 0.717) is 5.69 Å². The van der Waals surface area contributed by atoms with Crippen molar-refractivity contribution in [3.05, 3.63) is 11.8 Å². The van der Waals surface area contributed by atoms with E-state index in [-0.39, 0.29) is 11.8 Å². The third kappa shape index (κ3) is 2.10. The lowest BCUT2D eigenvalue weighted by Gasteiger charge is -2.08. The van der Waals surface area contributed by atoms with Crippen LogP contribution in [-0.4, -0.2) is 11.1 Å². The van der Waals surface area contributed by atoms with Gasteiger partial charge in [-0.25, -0.2) is 0 Å². The normalized spacial score (nSPS) is 10.7. The third-order valence-electron chi connectivity index (χ3n) is 1.73. The van der Waals surface area contributed by atoms with Gasteiger partial charge in [-0.15, -0.1) is 0 Å². The third-order valence-corrected chi connectivity index (χ3v) is 1.73. The van der Waals surface area contributed by atoms with Gasteiger partial charge in [-0.3, -0.25) is 10.1 Å². The zero-order valence-corrected chi connectivity index (χ0v) is 8.29. The maximum Gasteiger partial charge on any atom is 0.231 e. The molecule has 0 aliphatic heterocycles. The van der Waals surface area contributed by atoms with Crippen LogP contribution in [0.1, 0.15) is 26.5 Å². The van der Waals surface area contributed by atoms with Gasteiger partial charge in [0.25, 0.3) is 0 Å². The number of nitrogens with zero attached hydrogens (tertiary/aromatic N) is 2. The summed E-state index contributed by atoms with van der Waals surface area (Å²) in [7, 11) is 0. The van der Waals surface area contributed by atoms with Crippen LogP contribution in [-0.2, 0) is 10.2 Å². The SMILES string of the molecule is CC(=O)Nc1cc(C(C)(C)C#N)no1. The molecule has 14 heavy (non-hydrogen) atoms. The zero-order valence-electron chi connectivity index (χ0n) is 8.29. The average molecular weight is 193 g/mol. The number of carbonyl (C=O) groups excluding carboxylic acids is 1. The lowest BCUT2D eigenvalue weighted by atomic mass is 9.92. The van der Waals surface area contributed by atoms with E-state index in [9.17, 15) is 4.79 Å². The molecule has 1 N–H and O–H groups in total. The highest BCUT2D eigenvalue weighted by Crippen LogP contribution is 2.23. The van der Waals surface area contributed by atoms with Crippen LogP contribution in [0.5, 0.6) is 0 Å². The van der Waals surface area contributed by atoms with Gasteiger partial charge in [0.15, 0.2) is 0 Å². The molecule has 1 heterocycles. The Hall–Kier alpha value is -1.83. The van der Waals surface area contributed by atoms with Crippen molar-refractivity contribution < 1.29 is 9.32 Å². The summed E-state index contributed by atoms with van der Waals surface area (Å²) in [4.78, 5) is 10.7. The van der Waals surface area contributed by atoms with Crippen LogP contribution in [0, 0.1) is 11.3 Å². The monoisotopic (exact) mass is 193 g/mol. The number of hydrogen-bond donors (Lipinski definition) is 1. The first kappa shape index (κ1) is 10.3. The van der Waals surface area contributed by atoms with Crippen molar-refractivity contribution in [3.8, 4) is 6.07 Å². The van der Waals surface area contributed by atoms with Crippen LogP contribution >= 0.6 is 0 Å². The van der Waals surface area contributed by atoms with Crippen molar-refractivity contribution in [2.45, 2.75) is 26.2 Å². The Balaban J connectivity index is 2.89. The predicted molar refractivity (Wildman–Crippen MR) is 49.4 cm³/mol. The molecule has 0 atom stereocenters. The van der Waals surface area contributed by atoms with Crippen LogP contribution < -0.4 is 5.32 Å². The molecule has 0 bridgehead atoms. The Morgan fingerprint density at radius 1 is 1.71 bits per heavy atom. The second kappa shape index (κ2) is 3.50. The fourth-order valence-corrected chi connectivity index (χ4v) is 0.859. The van der Waals surface area contributed by atoms with Gasteiger partial charge in [-0.05, 0) is 13.8 Å². The minimum Gasteiger partial charge on any atom is -0.338 e. The first-order valence-corrected chi connectivity index (χ1v) is 4.12. The van der Waals surface area contributed by atoms with Crippen molar-refractivity contribution in [3.63, 3.8) is 0 Å². The van der Waals surface area contributed by atoms with Crippen molar-refractivity contribution in [1.29, 1.82) is 5.26 Å². The van der Waals surface area contributed by atoms with Crippen molar-refractivity contribution in [2.24, 2.45) is 0 Å². The summed E-state index contributed by atoms with van der Waals surface area (Å²) < 4.78 is 4.83. The van der Waals surface area contributed by atoms with Crippen LogP contribution in [0.2, 0.25) is 0 Å². The van der Waals surface area contributed by atoms with E-state index in [0.717, 1.165) is 0 Å². The quantitative estimate of drug-likeness (QED) is 0.770. The molecule has 5 nitrogen and oxygen atoms in total. The maximum absolute atomic E-state index is 10.7. The van der Waals surface area contributed by atoms with Crippen molar-refractivity contribution in [1.82, 2.24) is 5.16 Å². The molecule has 74 valence electrons. The lowest BCUT2D eigenvalue weighted by Crippen LogP contribution is -2.14. The zero-order chi connectivity index (χ0) is 10.8. The second-order valence-corrected chi connectivity index (χ2v) is 3.49. The van der Waals surface area contributed by atoms with Gasteiger partial charge >= 0.3 is 0 Å². The Labute approximate surface area is 81.7 Å². The van der Waals surface area contributed by atoms with Gasteiger partial charge in [-0.2, -0.15) is 5.26 Å². The van der Waals surface area contributed by atoms with E-state index >= 15 is 0 Å². The van der Waals surface area contributed by atoms with Crippen molar-refractivity contribution >= 4 is 11.8 Å². The smallest absolute Gasteiger partial charge is 0.231 e. The van der Waals surface area contributed by atoms with E-state index in [2.05, 4.69) is 16.5 Å². The summed E-state index contributed by atoms with van der Waals surface area (Å²) in [5.41, 5.74) is -0.205. The molecule has 1 aromatic heterocycles. The molecule has 1 aromatic rings. The fourth-order valence-electron chi connectivity index (χ4n) is 0.859. The number of hydrogen-bond acceptors (Lipinski definition) is 4. The maximum atomic E-state index is 10.7. The van der Waals surface area contributed by atoms with Gasteiger partial charge in [0.05, 0.1) is 11.5 Å². The standard InChI is InChI=1S/C9H11N3O2/c1-6(13)11-8-4-7(12-14-8)9(2,3)5-10/h4H,1-3H3,(H,11,13). The summed E-state index contributed by atoms with van der Waals surface area (Å²) in [6.45, 7) is 4.82. The summed E-state index contributed by atoms with van der Waals surface area (Å²) in [6.07, 6.45) is 0. The minimum absolute atomic E-state index is 0.234. The molecule has 1 rings (SSSR count). The van der Waals surface area contributed by atoms with Crippen LogP contribution in [0.4, 0.5) is 5.88 Å². The number of amides is 1. The molecule has 0 aliphatic rings. The van der Waals surface area contributed by atoms with E-state index < -0.39 is 5.41 Å². The molecule has 0 unspecified atom stereocenters. The minimum atomic E-state index is -0.708. The summed E-state index contributed by atoms with van der Waals surface area (Å²) in [5.74, 6) is 0.0262. The molecule has 0 aromatic carbocycles. The highest BCUT2D eigenvalue weighted by molar-refractivity contribution is 5.87. The Morgan fingerprint density at radius 2 is 2.36 bits per heavy atom. The highest BCUT2D eigenvalue weighted by atomic mass is 16.5. The number of anilines is 1. The van der Waals surface area contributed by atoms with Crippen LogP contribution in [0.3, 0.4) is 0 Å². The summed E-state index contributed by atoms with van der Waals surface area (Å²) in [6, 6.07) is 3.64. The number of aromatic nitrogens is 1. The first-order chi connectivity index (χ1) is 6.45. The number of nitrogens with one attached hydrogen (secondary N) is 1. The molecule has 0 spiro atoms. The van der Waals surface area contributed by atoms with E-state index in [1.165, 1.54) is 6.92 Å². The van der Waals surface area contributed by atoms with Gasteiger partial charge in [0.2, 0.25) is 11.8 Å². The van der Waals surface area contributed by atoms with Crippen LogP contribution in [0.15, 0.2) is 10.6 Å². The largest absolute Gasteiger partial charge is 0.338 e. The molecule has 5 heteroatoms. The fraction of sp³-hybridized carbons (Fsp3) is 0.444. The molecule has 0 radical (unpaired) electrons. The first-order valence-electron chi connectivity index (χ1n) is 4.12. The second-order valence-electron chi connectivity index (χ2n) is 3.49. The predicted octanol–water partition coefficient (Wildman–Crippen LogP) is 1.43. The average Bonchev–Trinajstić information content (AvgIpc) is 2.52. The van der Waals surface area contributed by atoms with Crippen molar-refractivity contribution in [2.75, 3.05) is 5.32 Å². The van der Waals surface area contributed by atoms with Crippen LogP contribution in [0.25, 0.3) is 0 Å². The van der Waals surface area contributed by atoms with Gasteiger partial charge in [-0.1, -0.05) is 5.16 Å². The molecule has 0 fully saturated rings. The molecule has 0 saturated carbocycles. The molecular weight excluding hydrogens is 182 g/mol. The van der Waals surface area contributed by atoms with Gasteiger partial charge < -0.3 is 4.52 Å². The van der Waals surface area contributed by atoms with Gasteiger partial charge in [0.1, 0.15) is 5.69 Å². The summed E-state index contributed by atoms with van der Waals surface area (Å²) in [5, 5.41) is 15.0. The number of carbonyl (C=O) groups is 1. The Kier molecular flexibility index (Phi) is 2.56. The molecular formula is C9H11N3O2. The Bertz CT molecular complexity index is 387. The lowest BCUT2D eigenvalue weighted by molar-refractivity contribution is -0.114. The van der Waals surface area contributed by atoms with E-state index in [4.69, 9.17) is 9.78 Å². The summed E-state index contributed by atoms with van der Waals surface area (Å²) >= 11 is 0. The Morgan fingerprint density at radius 3 is 2.86 bits per heavy atom. The topological polar surface area (TPSA) is 78.9 Å². The number of rotatable bonds is 2. The highest BCUT2D eigenvalue weighted by Gasteiger charge is 2.24. The molecule has 0 saturated heterocycles. The van der Waals surface area contributed by atoms with Gasteiger partial charge in [0, 0.05) is 13.0 Å². The number of nitriles is 1. The van der Waals surface area contributed by atoms with E-state index in [1.807, 2.05) is 0 Å².